The third-order valence-corrected chi connectivity index (χ3v) is 4.75. The highest BCUT2D eigenvalue weighted by Gasteiger charge is 2.26. The van der Waals surface area contributed by atoms with Crippen LogP contribution in [-0.2, 0) is 17.6 Å². The Morgan fingerprint density at radius 2 is 2.17 bits per heavy atom. The Hall–Kier alpha value is -2.69. The molecule has 5 nitrogen and oxygen atoms in total. The number of H-pyrrole nitrogens is 1. The zero-order valence-electron chi connectivity index (χ0n) is 13.5. The summed E-state index contributed by atoms with van der Waals surface area (Å²) in [6.07, 6.45) is 6.15. The number of carbonyl (C=O) groups is 1. The molecule has 3 heterocycles. The summed E-state index contributed by atoms with van der Waals surface area (Å²) in [4.78, 5) is 18.8. The number of pyridine rings is 1. The number of likely N-dealkylation sites (tertiary alicyclic amines) is 1. The zero-order valence-corrected chi connectivity index (χ0v) is 13.5. The molecule has 0 aliphatic carbocycles. The maximum Gasteiger partial charge on any atom is 0.228 e. The summed E-state index contributed by atoms with van der Waals surface area (Å²) in [6, 6.07) is 12.0. The largest absolute Gasteiger partial charge is 0.342 e. The highest BCUT2D eigenvalue weighted by Crippen LogP contribution is 2.22. The molecule has 0 bridgehead atoms. The number of nitrogens with one attached hydrogen (secondary N) is 1. The van der Waals surface area contributed by atoms with Crippen molar-refractivity contribution in [3.63, 3.8) is 0 Å². The van der Waals surface area contributed by atoms with Crippen LogP contribution in [0.5, 0.6) is 0 Å². The molecule has 1 aromatic carbocycles. The number of para-hydroxylation sites is 1. The van der Waals surface area contributed by atoms with Crippen LogP contribution < -0.4 is 0 Å². The normalized spacial score (nSPS) is 17.5. The van der Waals surface area contributed by atoms with Gasteiger partial charge < -0.3 is 4.90 Å². The highest BCUT2D eigenvalue weighted by molar-refractivity contribution is 5.87. The minimum Gasteiger partial charge on any atom is -0.342 e. The Kier molecular flexibility index (Phi) is 3.99. The lowest BCUT2D eigenvalue weighted by atomic mass is 10.0. The predicted molar refractivity (Wildman–Crippen MR) is 92.4 cm³/mol. The standard InChI is InChI=1S/C19H20N4O/c24-19(11-18-16-5-1-2-6-17(16)21-22-18)23-9-7-15(13-23)10-14-4-3-8-20-12-14/h1-6,8,12,15H,7,9-11,13H2,(H,21,22). The number of rotatable bonds is 4. The summed E-state index contributed by atoms with van der Waals surface area (Å²) >= 11 is 0. The summed E-state index contributed by atoms with van der Waals surface area (Å²) in [5, 5.41) is 8.32. The lowest BCUT2D eigenvalue weighted by Gasteiger charge is -2.16. The lowest BCUT2D eigenvalue weighted by molar-refractivity contribution is -0.129. The Bertz CT molecular complexity index is 843. The number of fused-ring (bicyclic) bond motifs is 1. The van der Waals surface area contributed by atoms with E-state index < -0.39 is 0 Å². The quantitative estimate of drug-likeness (QED) is 0.804. The molecule has 1 unspecified atom stereocenters. The minimum atomic E-state index is 0.179. The van der Waals surface area contributed by atoms with E-state index >= 15 is 0 Å². The van der Waals surface area contributed by atoms with E-state index in [2.05, 4.69) is 21.2 Å². The van der Waals surface area contributed by atoms with E-state index in [0.717, 1.165) is 42.5 Å². The molecule has 3 aromatic rings. The Morgan fingerprint density at radius 3 is 3.04 bits per heavy atom. The van der Waals surface area contributed by atoms with Crippen molar-refractivity contribution < 1.29 is 4.79 Å². The molecule has 1 N–H and O–H groups in total. The van der Waals surface area contributed by atoms with E-state index in [1.54, 1.807) is 6.20 Å². The fraction of sp³-hybridized carbons (Fsp3) is 0.316. The van der Waals surface area contributed by atoms with Gasteiger partial charge >= 0.3 is 0 Å². The number of amides is 1. The zero-order chi connectivity index (χ0) is 16.4. The number of benzene rings is 1. The fourth-order valence-corrected chi connectivity index (χ4v) is 3.49. The third kappa shape index (κ3) is 3.02. The van der Waals surface area contributed by atoms with Gasteiger partial charge in [-0.05, 0) is 36.5 Å². The molecule has 5 heteroatoms. The van der Waals surface area contributed by atoms with Gasteiger partial charge in [-0.2, -0.15) is 5.10 Å². The smallest absolute Gasteiger partial charge is 0.228 e. The summed E-state index contributed by atoms with van der Waals surface area (Å²) in [5.74, 6) is 0.703. The number of nitrogens with zero attached hydrogens (tertiary/aromatic N) is 3. The molecule has 0 radical (unpaired) electrons. The molecule has 1 aliphatic heterocycles. The van der Waals surface area contributed by atoms with Gasteiger partial charge in [0.25, 0.3) is 0 Å². The molecule has 122 valence electrons. The van der Waals surface area contributed by atoms with Crippen LogP contribution in [-0.4, -0.2) is 39.1 Å². The molecule has 1 amide bonds. The molecule has 1 saturated heterocycles. The van der Waals surface area contributed by atoms with Gasteiger partial charge in [0.2, 0.25) is 5.91 Å². The van der Waals surface area contributed by atoms with Crippen molar-refractivity contribution in [3.8, 4) is 0 Å². The van der Waals surface area contributed by atoms with Crippen LogP contribution in [0.4, 0.5) is 0 Å². The third-order valence-electron chi connectivity index (χ3n) is 4.75. The number of aromatic nitrogens is 3. The molecule has 4 rings (SSSR count). The van der Waals surface area contributed by atoms with Crippen LogP contribution in [0, 0.1) is 5.92 Å². The second-order valence-corrected chi connectivity index (χ2v) is 6.46. The van der Waals surface area contributed by atoms with Crippen molar-refractivity contribution in [1.29, 1.82) is 0 Å². The van der Waals surface area contributed by atoms with E-state index in [-0.39, 0.29) is 5.91 Å². The second-order valence-electron chi connectivity index (χ2n) is 6.46. The summed E-state index contributed by atoms with van der Waals surface area (Å²) in [5.41, 5.74) is 3.07. The van der Waals surface area contributed by atoms with Crippen LogP contribution in [0.1, 0.15) is 17.7 Å². The second kappa shape index (κ2) is 6.43. The predicted octanol–water partition coefficient (Wildman–Crippen LogP) is 2.59. The van der Waals surface area contributed by atoms with Crippen LogP contribution in [0.15, 0.2) is 48.8 Å². The molecular formula is C19H20N4O. The first-order valence-electron chi connectivity index (χ1n) is 8.38. The van der Waals surface area contributed by atoms with Crippen LogP contribution in [0.2, 0.25) is 0 Å². The molecule has 0 spiro atoms. The van der Waals surface area contributed by atoms with Gasteiger partial charge in [0.1, 0.15) is 0 Å². The van der Waals surface area contributed by atoms with E-state index in [1.165, 1.54) is 5.56 Å². The van der Waals surface area contributed by atoms with Crippen molar-refractivity contribution in [2.24, 2.45) is 5.92 Å². The number of carbonyl (C=O) groups excluding carboxylic acids is 1. The average molecular weight is 320 g/mol. The van der Waals surface area contributed by atoms with Gasteiger partial charge in [0.05, 0.1) is 17.6 Å². The van der Waals surface area contributed by atoms with Gasteiger partial charge in [-0.15, -0.1) is 0 Å². The van der Waals surface area contributed by atoms with Gasteiger partial charge in [-0.25, -0.2) is 0 Å². The lowest BCUT2D eigenvalue weighted by Crippen LogP contribution is -2.30. The molecule has 2 aromatic heterocycles. The van der Waals surface area contributed by atoms with Crippen molar-refractivity contribution in [2.45, 2.75) is 19.3 Å². The molecular weight excluding hydrogens is 300 g/mol. The van der Waals surface area contributed by atoms with E-state index in [0.29, 0.717) is 12.3 Å². The Morgan fingerprint density at radius 1 is 1.25 bits per heavy atom. The first kappa shape index (κ1) is 14.9. The highest BCUT2D eigenvalue weighted by atomic mass is 16.2. The first-order valence-corrected chi connectivity index (χ1v) is 8.38. The van der Waals surface area contributed by atoms with Gasteiger partial charge in [-0.3, -0.25) is 14.9 Å². The van der Waals surface area contributed by atoms with Crippen molar-refractivity contribution in [1.82, 2.24) is 20.1 Å². The van der Waals surface area contributed by atoms with Crippen molar-refractivity contribution >= 4 is 16.8 Å². The first-order chi connectivity index (χ1) is 11.8. The monoisotopic (exact) mass is 320 g/mol. The topological polar surface area (TPSA) is 61.9 Å². The van der Waals surface area contributed by atoms with Crippen LogP contribution >= 0.6 is 0 Å². The fourth-order valence-electron chi connectivity index (χ4n) is 3.49. The molecule has 1 fully saturated rings. The summed E-state index contributed by atoms with van der Waals surface area (Å²) < 4.78 is 0. The maximum atomic E-state index is 12.6. The van der Waals surface area contributed by atoms with Crippen LogP contribution in [0.25, 0.3) is 10.9 Å². The molecule has 0 saturated carbocycles. The number of hydrogen-bond donors (Lipinski definition) is 1. The summed E-state index contributed by atoms with van der Waals surface area (Å²) in [7, 11) is 0. The Labute approximate surface area is 140 Å². The maximum absolute atomic E-state index is 12.6. The SMILES string of the molecule is O=C(Cc1[nH]nc2ccccc12)N1CCC(Cc2cccnc2)C1. The molecule has 1 aliphatic rings. The molecule has 1 atom stereocenters. The Balaban J connectivity index is 1.39. The minimum absolute atomic E-state index is 0.179. The van der Waals surface area contributed by atoms with Crippen molar-refractivity contribution in [2.75, 3.05) is 13.1 Å². The van der Waals surface area contributed by atoms with Gasteiger partial charge in [-0.1, -0.05) is 24.3 Å². The van der Waals surface area contributed by atoms with Gasteiger partial charge in [0, 0.05) is 30.9 Å². The number of aromatic amines is 1. The summed E-state index contributed by atoms with van der Waals surface area (Å²) in [6.45, 7) is 1.68. The van der Waals surface area contributed by atoms with E-state index in [4.69, 9.17) is 0 Å². The van der Waals surface area contributed by atoms with E-state index in [9.17, 15) is 4.79 Å². The van der Waals surface area contributed by atoms with E-state index in [1.807, 2.05) is 41.4 Å². The van der Waals surface area contributed by atoms with Crippen LogP contribution in [0.3, 0.4) is 0 Å². The van der Waals surface area contributed by atoms with Crippen molar-refractivity contribution in [3.05, 3.63) is 60.0 Å². The molecule has 24 heavy (non-hydrogen) atoms. The average Bonchev–Trinajstić information content (AvgIpc) is 3.24. The number of hydrogen-bond acceptors (Lipinski definition) is 3. The van der Waals surface area contributed by atoms with Gasteiger partial charge in [0.15, 0.2) is 0 Å².